The molecule has 22 heavy (non-hydrogen) atoms. The zero-order valence-electron chi connectivity index (χ0n) is 13.3. The summed E-state index contributed by atoms with van der Waals surface area (Å²) in [4.78, 5) is 4.42. The minimum absolute atomic E-state index is 0.109. The quantitative estimate of drug-likeness (QED) is 0.866. The lowest BCUT2D eigenvalue weighted by molar-refractivity contribution is 0.529. The molecule has 1 aromatic carbocycles. The molecule has 2 atom stereocenters. The third kappa shape index (κ3) is 4.29. The van der Waals surface area contributed by atoms with Gasteiger partial charge >= 0.3 is 0 Å². The van der Waals surface area contributed by atoms with Crippen molar-refractivity contribution in [2.75, 3.05) is 0 Å². The number of aromatic nitrogens is 1. The molecule has 0 aliphatic rings. The van der Waals surface area contributed by atoms with Crippen molar-refractivity contribution in [1.82, 2.24) is 9.71 Å². The number of nitrogens with one attached hydrogen (secondary N) is 1. The van der Waals surface area contributed by atoms with Crippen molar-refractivity contribution in [2.45, 2.75) is 38.5 Å². The highest BCUT2D eigenvalue weighted by molar-refractivity contribution is 7.90. The Bertz CT molecular complexity index is 608. The Hall–Kier alpha value is -1.43. The van der Waals surface area contributed by atoms with Crippen LogP contribution in [0.2, 0.25) is 0 Å². The van der Waals surface area contributed by atoms with E-state index in [1.807, 2.05) is 39.8 Å². The van der Waals surface area contributed by atoms with Crippen molar-refractivity contribution in [3.63, 3.8) is 0 Å². The fraction of sp³-hybridized carbons (Fsp3) is 0.353. The first-order valence-corrected chi connectivity index (χ1v) is 8.32. The highest BCUT2D eigenvalue weighted by atomic mass is 32.2. The van der Waals surface area contributed by atoms with Crippen LogP contribution in [0, 0.1) is 5.82 Å². The van der Waals surface area contributed by atoms with Gasteiger partial charge in [0, 0.05) is 23.1 Å². The summed E-state index contributed by atoms with van der Waals surface area (Å²) in [5, 5.41) is 0. The number of benzene rings is 1. The predicted molar refractivity (Wildman–Crippen MR) is 89.1 cm³/mol. The largest absolute Gasteiger partial charge is 0.598 e. The fourth-order valence-corrected chi connectivity index (χ4v) is 2.67. The van der Waals surface area contributed by atoms with Gasteiger partial charge in [-0.3, -0.25) is 4.98 Å². The van der Waals surface area contributed by atoms with E-state index in [1.54, 1.807) is 18.3 Å². The molecule has 1 unspecified atom stereocenters. The molecular formula is C17H21FN2OS. The molecule has 2 aromatic rings. The molecule has 0 saturated heterocycles. The summed E-state index contributed by atoms with van der Waals surface area (Å²) in [5.41, 5.74) is 2.66. The molecule has 118 valence electrons. The van der Waals surface area contributed by atoms with Crippen molar-refractivity contribution >= 4 is 11.4 Å². The second-order valence-corrected chi connectivity index (χ2v) is 8.20. The molecule has 0 amide bonds. The van der Waals surface area contributed by atoms with Crippen LogP contribution in [0.5, 0.6) is 0 Å². The monoisotopic (exact) mass is 320 g/mol. The summed E-state index contributed by atoms with van der Waals surface area (Å²) in [6.45, 7) is 7.71. The Morgan fingerprint density at radius 3 is 2.18 bits per heavy atom. The van der Waals surface area contributed by atoms with Gasteiger partial charge in [-0.05, 0) is 51.5 Å². The molecule has 0 bridgehead atoms. The minimum atomic E-state index is -1.14. The molecule has 1 N–H and O–H groups in total. The van der Waals surface area contributed by atoms with E-state index < -0.39 is 11.4 Å². The van der Waals surface area contributed by atoms with Crippen LogP contribution < -0.4 is 4.72 Å². The molecule has 0 fully saturated rings. The Kier molecular flexibility index (Phi) is 5.21. The SMILES string of the molecule is CC(N[S@@+]([O-])C(C)(C)C)c1ccc(-c2ccc(F)cc2)cn1. The zero-order chi connectivity index (χ0) is 16.3. The lowest BCUT2D eigenvalue weighted by Gasteiger charge is -2.26. The maximum absolute atomic E-state index is 12.9. The van der Waals surface area contributed by atoms with Gasteiger partial charge in [-0.2, -0.15) is 0 Å². The average Bonchev–Trinajstić information content (AvgIpc) is 2.47. The van der Waals surface area contributed by atoms with Crippen LogP contribution in [0.3, 0.4) is 0 Å². The molecule has 1 aromatic heterocycles. The number of halogens is 1. The first-order chi connectivity index (χ1) is 10.3. The van der Waals surface area contributed by atoms with Gasteiger partial charge in [0.1, 0.15) is 10.6 Å². The lowest BCUT2D eigenvalue weighted by atomic mass is 10.1. The van der Waals surface area contributed by atoms with Crippen LogP contribution in [-0.2, 0) is 11.4 Å². The van der Waals surface area contributed by atoms with Crippen LogP contribution in [-0.4, -0.2) is 14.3 Å². The van der Waals surface area contributed by atoms with Gasteiger partial charge in [0.2, 0.25) is 0 Å². The molecule has 0 aliphatic carbocycles. The van der Waals surface area contributed by atoms with E-state index in [0.717, 1.165) is 16.8 Å². The Balaban J connectivity index is 2.10. The van der Waals surface area contributed by atoms with Crippen molar-refractivity contribution in [2.24, 2.45) is 0 Å². The third-order valence-electron chi connectivity index (χ3n) is 3.25. The molecule has 5 heteroatoms. The lowest BCUT2D eigenvalue weighted by Crippen LogP contribution is -2.40. The van der Waals surface area contributed by atoms with Gasteiger partial charge < -0.3 is 4.55 Å². The number of nitrogens with zero attached hydrogens (tertiary/aromatic N) is 1. The van der Waals surface area contributed by atoms with Crippen molar-refractivity contribution in [3.8, 4) is 11.1 Å². The normalized spacial score (nSPS) is 14.6. The molecule has 3 nitrogen and oxygen atoms in total. The summed E-state index contributed by atoms with van der Waals surface area (Å²) < 4.78 is 27.8. The second-order valence-electron chi connectivity index (χ2n) is 6.20. The van der Waals surface area contributed by atoms with E-state index in [0.29, 0.717) is 0 Å². The van der Waals surface area contributed by atoms with Crippen LogP contribution in [0.25, 0.3) is 11.1 Å². The van der Waals surface area contributed by atoms with Crippen molar-refractivity contribution in [1.29, 1.82) is 0 Å². The first kappa shape index (κ1) is 16.9. The van der Waals surface area contributed by atoms with Crippen LogP contribution in [0.4, 0.5) is 4.39 Å². The molecule has 1 heterocycles. The number of hydrogen-bond acceptors (Lipinski definition) is 3. The second kappa shape index (κ2) is 6.77. The Morgan fingerprint density at radius 1 is 1.09 bits per heavy atom. The van der Waals surface area contributed by atoms with Gasteiger partial charge in [-0.1, -0.05) is 18.2 Å². The van der Waals surface area contributed by atoms with Crippen LogP contribution >= 0.6 is 0 Å². The minimum Gasteiger partial charge on any atom is -0.598 e. The highest BCUT2D eigenvalue weighted by Crippen LogP contribution is 2.22. The summed E-state index contributed by atoms with van der Waals surface area (Å²) in [5.74, 6) is -0.254. The molecule has 0 radical (unpaired) electrons. The van der Waals surface area contributed by atoms with E-state index in [1.165, 1.54) is 12.1 Å². The van der Waals surface area contributed by atoms with Gasteiger partial charge in [-0.15, -0.1) is 4.72 Å². The summed E-state index contributed by atoms with van der Waals surface area (Å²) >= 11 is -1.14. The maximum Gasteiger partial charge on any atom is 0.136 e. The molecule has 2 rings (SSSR count). The van der Waals surface area contributed by atoms with E-state index in [-0.39, 0.29) is 16.6 Å². The summed E-state index contributed by atoms with van der Waals surface area (Å²) in [6, 6.07) is 10.0. The van der Waals surface area contributed by atoms with Crippen LogP contribution in [0.1, 0.15) is 39.4 Å². The standard InChI is InChI=1S/C17H21FN2OS/c1-12(20-22(21)17(2,3)4)16-10-7-14(11-19-16)13-5-8-15(18)9-6-13/h5-12,20H,1-4H3/t12?,22-/m0/s1. The number of pyridine rings is 1. The average molecular weight is 320 g/mol. The van der Waals surface area contributed by atoms with E-state index in [9.17, 15) is 8.94 Å². The summed E-state index contributed by atoms with van der Waals surface area (Å²) in [6.07, 6.45) is 1.75. The van der Waals surface area contributed by atoms with Crippen LogP contribution in [0.15, 0.2) is 42.6 Å². The molecule has 0 aliphatic heterocycles. The highest BCUT2D eigenvalue weighted by Gasteiger charge is 2.28. The van der Waals surface area contributed by atoms with Crippen molar-refractivity contribution < 1.29 is 8.94 Å². The number of hydrogen-bond donors (Lipinski definition) is 1. The van der Waals surface area contributed by atoms with E-state index in [4.69, 9.17) is 0 Å². The van der Waals surface area contributed by atoms with Gasteiger partial charge in [-0.25, -0.2) is 4.39 Å². The smallest absolute Gasteiger partial charge is 0.136 e. The topological polar surface area (TPSA) is 48.0 Å². The molecule has 0 saturated carbocycles. The predicted octanol–water partition coefficient (Wildman–Crippen LogP) is 4.00. The van der Waals surface area contributed by atoms with E-state index >= 15 is 0 Å². The maximum atomic E-state index is 12.9. The zero-order valence-corrected chi connectivity index (χ0v) is 14.1. The van der Waals surface area contributed by atoms with Gasteiger partial charge in [0.15, 0.2) is 0 Å². The fourth-order valence-electron chi connectivity index (χ4n) is 1.87. The van der Waals surface area contributed by atoms with E-state index in [2.05, 4.69) is 9.71 Å². The third-order valence-corrected chi connectivity index (χ3v) is 4.93. The summed E-state index contributed by atoms with van der Waals surface area (Å²) in [7, 11) is 0. The number of rotatable bonds is 4. The Morgan fingerprint density at radius 2 is 1.68 bits per heavy atom. The Labute approximate surface area is 134 Å². The molecule has 0 spiro atoms. The first-order valence-electron chi connectivity index (χ1n) is 7.17. The van der Waals surface area contributed by atoms with Gasteiger partial charge in [0.25, 0.3) is 0 Å². The van der Waals surface area contributed by atoms with Crippen molar-refractivity contribution in [3.05, 3.63) is 54.1 Å². The molecular weight excluding hydrogens is 299 g/mol. The van der Waals surface area contributed by atoms with Gasteiger partial charge in [0.05, 0.1) is 11.7 Å².